The summed E-state index contributed by atoms with van der Waals surface area (Å²) < 4.78 is 1.73. The van der Waals surface area contributed by atoms with E-state index in [1.165, 1.54) is 35.2 Å². The molecular formula is C21H26N6O2. The first-order valence-corrected chi connectivity index (χ1v) is 10.1. The lowest BCUT2D eigenvalue weighted by atomic mass is 9.88. The van der Waals surface area contributed by atoms with E-state index in [4.69, 9.17) is 16.3 Å². The van der Waals surface area contributed by atoms with Gasteiger partial charge in [0, 0.05) is 25.8 Å². The van der Waals surface area contributed by atoms with Crippen LogP contribution in [0.25, 0.3) is 4.85 Å². The Labute approximate surface area is 170 Å². The van der Waals surface area contributed by atoms with Gasteiger partial charge in [0.2, 0.25) is 0 Å². The Morgan fingerprint density at radius 1 is 1.21 bits per heavy atom. The van der Waals surface area contributed by atoms with Crippen LogP contribution >= 0.6 is 0 Å². The summed E-state index contributed by atoms with van der Waals surface area (Å²) >= 11 is 0. The van der Waals surface area contributed by atoms with Crippen LogP contribution in [0.1, 0.15) is 42.1 Å². The van der Waals surface area contributed by atoms with Crippen LogP contribution in [0.2, 0.25) is 0 Å². The maximum absolute atomic E-state index is 7.36. The van der Waals surface area contributed by atoms with Gasteiger partial charge in [0.25, 0.3) is 5.82 Å². The number of anilines is 1. The van der Waals surface area contributed by atoms with Gasteiger partial charge in [-0.15, -0.1) is 5.11 Å². The molecule has 0 fully saturated rings. The highest BCUT2D eigenvalue weighted by Crippen LogP contribution is 2.41. The summed E-state index contributed by atoms with van der Waals surface area (Å²) in [5, 5.41) is 8.92. The maximum atomic E-state index is 7.36. The second-order valence-corrected chi connectivity index (χ2v) is 7.42. The first kappa shape index (κ1) is 19.6. The third kappa shape index (κ3) is 3.63. The molecule has 152 valence electrons. The number of nitrogens with zero attached hydrogens (tertiary/aromatic N) is 6. The molecule has 0 saturated carbocycles. The van der Waals surface area contributed by atoms with Gasteiger partial charge in [-0.05, 0) is 62.3 Å². The molecule has 0 amide bonds. The molecule has 2 aliphatic heterocycles. The van der Waals surface area contributed by atoms with E-state index in [0.29, 0.717) is 18.2 Å². The van der Waals surface area contributed by atoms with E-state index in [-0.39, 0.29) is 12.4 Å². The quantitative estimate of drug-likeness (QED) is 0.231. The van der Waals surface area contributed by atoms with Crippen molar-refractivity contribution < 1.29 is 9.78 Å². The molecule has 3 heterocycles. The van der Waals surface area contributed by atoms with E-state index in [1.807, 2.05) is 14.0 Å². The molecule has 2 aromatic rings. The third-order valence-electron chi connectivity index (χ3n) is 5.70. The Hall–Kier alpha value is -2.76. The number of imidazole rings is 1. The molecule has 2 aliphatic rings. The molecule has 0 N–H and O–H groups in total. The smallest absolute Gasteiger partial charge is 0.344 e. The van der Waals surface area contributed by atoms with Crippen molar-refractivity contribution in [2.45, 2.75) is 46.1 Å². The van der Waals surface area contributed by atoms with Crippen molar-refractivity contribution >= 4 is 23.1 Å². The van der Waals surface area contributed by atoms with Crippen molar-refractivity contribution in [3.8, 4) is 0 Å². The van der Waals surface area contributed by atoms with Crippen molar-refractivity contribution in [2.24, 2.45) is 17.3 Å². The van der Waals surface area contributed by atoms with E-state index in [2.05, 4.69) is 37.9 Å². The summed E-state index contributed by atoms with van der Waals surface area (Å²) in [5.74, 6) is 0.646. The minimum absolute atomic E-state index is 0.141. The Morgan fingerprint density at radius 3 is 2.76 bits per heavy atom. The van der Waals surface area contributed by atoms with E-state index in [0.717, 1.165) is 31.6 Å². The molecule has 8 nitrogen and oxygen atoms in total. The lowest BCUT2D eigenvalue weighted by Crippen LogP contribution is -2.34. The summed E-state index contributed by atoms with van der Waals surface area (Å²) in [6, 6.07) is 2.17. The van der Waals surface area contributed by atoms with Crippen LogP contribution in [0.15, 0.2) is 16.3 Å². The van der Waals surface area contributed by atoms with Crippen LogP contribution in [0.4, 0.5) is 23.1 Å². The molecule has 0 bridgehead atoms. The molecule has 0 atom stereocenters. The van der Waals surface area contributed by atoms with Gasteiger partial charge in [-0.2, -0.15) is 0 Å². The van der Waals surface area contributed by atoms with Gasteiger partial charge in [0.1, 0.15) is 6.61 Å². The Bertz CT molecular complexity index is 986. The Balaban J connectivity index is 1.66. The summed E-state index contributed by atoms with van der Waals surface area (Å²) in [7, 11) is 1.81. The predicted octanol–water partition coefficient (Wildman–Crippen LogP) is 4.86. The summed E-state index contributed by atoms with van der Waals surface area (Å²) in [6.07, 6.45) is 4.55. The van der Waals surface area contributed by atoms with E-state index in [1.54, 1.807) is 4.57 Å². The number of aryl methyl sites for hydroxylation is 1. The average Bonchev–Trinajstić information content (AvgIpc) is 3.05. The van der Waals surface area contributed by atoms with Crippen molar-refractivity contribution in [1.82, 2.24) is 9.55 Å². The van der Waals surface area contributed by atoms with Gasteiger partial charge in [-0.25, -0.2) is 9.78 Å². The zero-order valence-corrected chi connectivity index (χ0v) is 17.2. The predicted molar refractivity (Wildman–Crippen MR) is 110 cm³/mol. The Kier molecular flexibility index (Phi) is 5.60. The molecule has 0 unspecified atom stereocenters. The number of aromatic nitrogens is 2. The number of benzene rings is 1. The van der Waals surface area contributed by atoms with E-state index in [9.17, 15) is 0 Å². The van der Waals surface area contributed by atoms with Gasteiger partial charge in [0.05, 0.1) is 18.0 Å². The van der Waals surface area contributed by atoms with E-state index < -0.39 is 0 Å². The fourth-order valence-electron chi connectivity index (χ4n) is 4.23. The highest BCUT2D eigenvalue weighted by atomic mass is 17.2. The number of azo groups is 1. The van der Waals surface area contributed by atoms with Crippen LogP contribution in [0.5, 0.6) is 0 Å². The van der Waals surface area contributed by atoms with Gasteiger partial charge >= 0.3 is 5.95 Å². The minimum Gasteiger partial charge on any atom is -0.371 e. The highest BCUT2D eigenvalue weighted by Gasteiger charge is 2.26. The fraction of sp³-hybridized carbons (Fsp3) is 0.524. The first-order chi connectivity index (χ1) is 14.1. The van der Waals surface area contributed by atoms with Gasteiger partial charge in [-0.3, -0.25) is 0 Å². The van der Waals surface area contributed by atoms with Gasteiger partial charge < -0.3 is 14.3 Å². The molecule has 1 aromatic heterocycles. The normalized spacial score (nSPS) is 15.6. The number of rotatable bonds is 6. The summed E-state index contributed by atoms with van der Waals surface area (Å²) in [6.45, 7) is 14.2. The Morgan fingerprint density at radius 2 is 2.00 bits per heavy atom. The van der Waals surface area contributed by atoms with Crippen molar-refractivity contribution in [3.05, 3.63) is 39.9 Å². The minimum atomic E-state index is 0.141. The fourth-order valence-corrected chi connectivity index (χ4v) is 4.23. The largest absolute Gasteiger partial charge is 0.371 e. The maximum Gasteiger partial charge on any atom is 0.344 e. The molecule has 0 aliphatic carbocycles. The third-order valence-corrected chi connectivity index (χ3v) is 5.70. The highest BCUT2D eigenvalue weighted by molar-refractivity contribution is 5.71. The zero-order valence-electron chi connectivity index (χ0n) is 17.2. The van der Waals surface area contributed by atoms with Crippen LogP contribution in [-0.2, 0) is 36.3 Å². The van der Waals surface area contributed by atoms with Crippen LogP contribution < -0.4 is 4.90 Å². The molecule has 29 heavy (non-hydrogen) atoms. The summed E-state index contributed by atoms with van der Waals surface area (Å²) in [5.41, 5.74) is 6.92. The first-order valence-electron chi connectivity index (χ1n) is 10.1. The standard InChI is InChI=1S/C21H26N6O2/c1-5-28-29-13-18-20(22-3)23-21(26(18)4)25-24-17-12-15-8-6-10-27-11-7-9-16(14(17)2)19(15)27/h12H,5-11,13H2,1-2,4H3. The number of hydrogen-bond donors (Lipinski definition) is 0. The van der Waals surface area contributed by atoms with Crippen molar-refractivity contribution in [3.63, 3.8) is 0 Å². The molecule has 1 aromatic carbocycles. The van der Waals surface area contributed by atoms with Crippen LogP contribution in [0, 0.1) is 13.5 Å². The van der Waals surface area contributed by atoms with Gasteiger partial charge in [-0.1, -0.05) is 16.7 Å². The molecule has 0 spiro atoms. The second kappa shape index (κ2) is 8.31. The zero-order chi connectivity index (χ0) is 20.4. The summed E-state index contributed by atoms with van der Waals surface area (Å²) in [4.78, 5) is 20.4. The average molecular weight is 394 g/mol. The molecule has 8 heteroatoms. The lowest BCUT2D eigenvalue weighted by molar-refractivity contribution is -0.301. The second-order valence-electron chi connectivity index (χ2n) is 7.42. The molecular weight excluding hydrogens is 368 g/mol. The number of hydrogen-bond acceptors (Lipinski definition) is 6. The van der Waals surface area contributed by atoms with Crippen LogP contribution in [0.3, 0.4) is 0 Å². The lowest BCUT2D eigenvalue weighted by Gasteiger charge is -2.37. The topological polar surface area (TPSA) is 68.6 Å². The SMILES string of the molecule is [C-]#[N+]c1nc(N=Nc2cc3c4c(c2C)CCCN4CCC3)n(C)c1COOCC. The monoisotopic (exact) mass is 394 g/mol. The van der Waals surface area contributed by atoms with E-state index >= 15 is 0 Å². The molecule has 0 radical (unpaired) electrons. The molecule has 4 rings (SSSR count). The van der Waals surface area contributed by atoms with Gasteiger partial charge in [0.15, 0.2) is 0 Å². The van der Waals surface area contributed by atoms with Crippen molar-refractivity contribution in [2.75, 3.05) is 24.6 Å². The molecule has 0 saturated heterocycles. The van der Waals surface area contributed by atoms with Crippen molar-refractivity contribution in [1.29, 1.82) is 0 Å². The van der Waals surface area contributed by atoms with Crippen LogP contribution in [-0.4, -0.2) is 29.2 Å².